The molecule has 2 unspecified atom stereocenters. The summed E-state index contributed by atoms with van der Waals surface area (Å²) in [6.45, 7) is 14.1. The molecule has 1 aliphatic heterocycles. The van der Waals surface area contributed by atoms with E-state index < -0.39 is 12.0 Å². The summed E-state index contributed by atoms with van der Waals surface area (Å²) in [6, 6.07) is 3.22. The Balaban J connectivity index is 1.61. The first-order valence-electron chi connectivity index (χ1n) is 14.3. The highest BCUT2D eigenvalue weighted by molar-refractivity contribution is 7.99. The number of benzene rings is 1. The summed E-state index contributed by atoms with van der Waals surface area (Å²) in [5, 5.41) is 11.7. The number of alkyl halides is 2. The number of phenols is 1. The third-order valence-corrected chi connectivity index (χ3v) is 9.97. The first-order chi connectivity index (χ1) is 16.7. The molecule has 1 aromatic rings. The summed E-state index contributed by atoms with van der Waals surface area (Å²) in [5.41, 5.74) is 0.521. The van der Waals surface area contributed by atoms with Gasteiger partial charge in [0.05, 0.1) is 5.92 Å². The summed E-state index contributed by atoms with van der Waals surface area (Å²) < 4.78 is 36.3. The molecule has 0 amide bonds. The lowest BCUT2D eigenvalue weighted by molar-refractivity contribution is -0.224. The molecule has 2 fully saturated rings. The molecule has 2 aliphatic rings. The average molecular weight is 525 g/mol. The number of aromatic hydroxyl groups is 1. The zero-order valence-corrected chi connectivity index (χ0v) is 24.6. The first-order valence-corrected chi connectivity index (χ1v) is 15.3. The van der Waals surface area contributed by atoms with E-state index in [1.165, 1.54) is 44.3 Å². The fourth-order valence-electron chi connectivity index (χ4n) is 6.03. The molecular weight excluding hydrogens is 474 g/mol. The van der Waals surface area contributed by atoms with E-state index in [9.17, 15) is 5.11 Å². The predicted octanol–water partition coefficient (Wildman–Crippen LogP) is 9.86. The molecule has 0 bridgehead atoms. The van der Waals surface area contributed by atoms with E-state index in [1.807, 2.05) is 41.5 Å². The number of phenolic OH excluding ortho intramolecular Hbond substituents is 1. The minimum absolute atomic E-state index is 0.160. The Morgan fingerprint density at radius 3 is 1.89 bits per heavy atom. The fourth-order valence-corrected chi connectivity index (χ4v) is 7.62. The first kappa shape index (κ1) is 29.6. The van der Waals surface area contributed by atoms with Gasteiger partial charge in [-0.15, -0.1) is 0 Å². The monoisotopic (exact) mass is 524 g/mol. The van der Waals surface area contributed by atoms with Gasteiger partial charge in [0.25, 0.3) is 0 Å². The maximum Gasteiger partial charge on any atom is 0.400 e. The Kier molecular flexibility index (Phi) is 9.72. The third-order valence-electron chi connectivity index (χ3n) is 8.40. The van der Waals surface area contributed by atoms with Crippen LogP contribution in [0.5, 0.6) is 11.5 Å². The van der Waals surface area contributed by atoms with Gasteiger partial charge < -0.3 is 9.84 Å². The van der Waals surface area contributed by atoms with Crippen LogP contribution in [-0.4, -0.2) is 22.2 Å². The quantitative estimate of drug-likeness (QED) is 0.343. The van der Waals surface area contributed by atoms with E-state index in [0.717, 1.165) is 18.1 Å². The lowest BCUT2D eigenvalue weighted by atomic mass is 9.74. The van der Waals surface area contributed by atoms with Gasteiger partial charge in [-0.05, 0) is 85.5 Å². The molecule has 1 aliphatic carbocycles. The van der Waals surface area contributed by atoms with Gasteiger partial charge in [0.15, 0.2) is 0 Å². The summed E-state index contributed by atoms with van der Waals surface area (Å²) in [4.78, 5) is 0. The molecule has 36 heavy (non-hydrogen) atoms. The number of halogens is 2. The van der Waals surface area contributed by atoms with Crippen LogP contribution in [0.2, 0.25) is 0 Å². The van der Waals surface area contributed by atoms with Crippen LogP contribution >= 0.6 is 11.8 Å². The van der Waals surface area contributed by atoms with Crippen molar-refractivity contribution in [1.29, 1.82) is 0 Å². The van der Waals surface area contributed by atoms with Crippen molar-refractivity contribution in [1.82, 2.24) is 0 Å². The molecule has 206 valence electrons. The van der Waals surface area contributed by atoms with Crippen molar-refractivity contribution in [3.05, 3.63) is 23.3 Å². The minimum Gasteiger partial charge on any atom is -0.507 e. The largest absolute Gasteiger partial charge is 0.507 e. The molecule has 2 atom stereocenters. The lowest BCUT2D eigenvalue weighted by Gasteiger charge is -2.39. The molecule has 0 aromatic heterocycles. The predicted molar refractivity (Wildman–Crippen MR) is 150 cm³/mol. The van der Waals surface area contributed by atoms with Gasteiger partial charge >= 0.3 is 6.11 Å². The molecule has 0 spiro atoms. The van der Waals surface area contributed by atoms with Gasteiger partial charge in [0.1, 0.15) is 11.5 Å². The van der Waals surface area contributed by atoms with Crippen molar-refractivity contribution in [2.75, 3.05) is 5.75 Å². The molecule has 1 N–H and O–H groups in total. The third kappa shape index (κ3) is 7.54. The van der Waals surface area contributed by atoms with Crippen LogP contribution in [-0.2, 0) is 10.8 Å². The van der Waals surface area contributed by atoms with Crippen molar-refractivity contribution in [2.24, 2.45) is 17.8 Å². The molecule has 1 saturated heterocycles. The fraction of sp³-hybridized carbons (Fsp3) is 0.806. The molecule has 0 radical (unpaired) electrons. The standard InChI is InChI=1S/C31H50F2O2S/c1-8-9-10-11-25-17-14-22(20-36-25)21-12-15-23(16-13-21)31(32,33)35-24-18-26(29(2,3)4)28(34)27(19-24)30(5,6)7/h18-19,21-23,25,34H,8-17,20H2,1-7H3. The molecule has 1 aromatic carbocycles. The van der Waals surface area contributed by atoms with Crippen LogP contribution in [0, 0.1) is 17.8 Å². The second-order valence-corrected chi connectivity index (χ2v) is 14.8. The van der Waals surface area contributed by atoms with Crippen LogP contribution < -0.4 is 4.74 Å². The molecule has 1 heterocycles. The highest BCUT2D eigenvalue weighted by Crippen LogP contribution is 2.47. The maximum absolute atomic E-state index is 15.4. The Hall–Kier alpha value is -0.970. The van der Waals surface area contributed by atoms with Gasteiger partial charge in [0.2, 0.25) is 0 Å². The number of ether oxygens (including phenoxy) is 1. The van der Waals surface area contributed by atoms with Gasteiger partial charge in [-0.1, -0.05) is 67.7 Å². The van der Waals surface area contributed by atoms with Crippen molar-refractivity contribution in [3.63, 3.8) is 0 Å². The number of unbranched alkanes of at least 4 members (excludes halogenated alkanes) is 2. The van der Waals surface area contributed by atoms with Gasteiger partial charge in [-0.25, -0.2) is 0 Å². The van der Waals surface area contributed by atoms with E-state index in [1.54, 1.807) is 12.1 Å². The molecule has 2 nitrogen and oxygen atoms in total. The van der Waals surface area contributed by atoms with Crippen molar-refractivity contribution < 1.29 is 18.6 Å². The highest BCUT2D eigenvalue weighted by Gasteiger charge is 2.45. The van der Waals surface area contributed by atoms with Crippen LogP contribution in [0.15, 0.2) is 12.1 Å². The summed E-state index contributed by atoms with van der Waals surface area (Å²) >= 11 is 2.14. The van der Waals surface area contributed by atoms with E-state index in [-0.39, 0.29) is 22.3 Å². The summed E-state index contributed by atoms with van der Waals surface area (Å²) in [5.74, 6) is 2.06. The Bertz CT molecular complexity index is 804. The van der Waals surface area contributed by atoms with E-state index in [0.29, 0.717) is 35.8 Å². The topological polar surface area (TPSA) is 29.5 Å². The minimum atomic E-state index is -3.21. The van der Waals surface area contributed by atoms with Crippen molar-refractivity contribution in [2.45, 2.75) is 135 Å². The Morgan fingerprint density at radius 2 is 1.42 bits per heavy atom. The van der Waals surface area contributed by atoms with Crippen LogP contribution in [0.3, 0.4) is 0 Å². The van der Waals surface area contributed by atoms with E-state index >= 15 is 8.78 Å². The van der Waals surface area contributed by atoms with Crippen LogP contribution in [0.1, 0.15) is 124 Å². The molecule has 1 saturated carbocycles. The second-order valence-electron chi connectivity index (χ2n) is 13.4. The molecular formula is C31H50F2O2S. The number of thioether (sulfide) groups is 1. The maximum atomic E-state index is 15.4. The van der Waals surface area contributed by atoms with E-state index in [2.05, 4.69) is 18.7 Å². The highest BCUT2D eigenvalue weighted by atomic mass is 32.2. The molecule has 5 heteroatoms. The zero-order chi connectivity index (χ0) is 26.7. The Labute approximate surface area is 223 Å². The van der Waals surface area contributed by atoms with Crippen LogP contribution in [0.4, 0.5) is 8.78 Å². The summed E-state index contributed by atoms with van der Waals surface area (Å²) in [7, 11) is 0. The number of hydrogen-bond acceptors (Lipinski definition) is 3. The molecule has 3 rings (SSSR count). The van der Waals surface area contributed by atoms with Crippen LogP contribution in [0.25, 0.3) is 0 Å². The number of rotatable bonds is 8. The normalized spacial score (nSPS) is 26.1. The van der Waals surface area contributed by atoms with Gasteiger partial charge in [-0.3, -0.25) is 0 Å². The van der Waals surface area contributed by atoms with Gasteiger partial charge in [0, 0.05) is 16.4 Å². The van der Waals surface area contributed by atoms with Crippen molar-refractivity contribution >= 4 is 11.8 Å². The lowest BCUT2D eigenvalue weighted by Crippen LogP contribution is -2.39. The van der Waals surface area contributed by atoms with Gasteiger partial charge in [-0.2, -0.15) is 20.5 Å². The van der Waals surface area contributed by atoms with Crippen molar-refractivity contribution in [3.8, 4) is 11.5 Å². The van der Waals surface area contributed by atoms with E-state index in [4.69, 9.17) is 4.74 Å². The average Bonchev–Trinajstić information content (AvgIpc) is 2.79. The Morgan fingerprint density at radius 1 is 0.861 bits per heavy atom. The zero-order valence-electron chi connectivity index (χ0n) is 23.8. The SMILES string of the molecule is CCCCCC1CCC(C2CCC(C(F)(F)Oc3cc(C(C)(C)C)c(O)c(C(C)(C)C)c3)CC2)CS1. The summed E-state index contributed by atoms with van der Waals surface area (Å²) in [6.07, 6.45) is 7.45. The number of hydrogen-bond donors (Lipinski definition) is 1. The second kappa shape index (κ2) is 11.8. The smallest absolute Gasteiger partial charge is 0.400 e.